The molecule has 1 fully saturated rings. The lowest BCUT2D eigenvalue weighted by Crippen LogP contribution is -2.58. The molecule has 0 radical (unpaired) electrons. The van der Waals surface area contributed by atoms with Gasteiger partial charge in [0.1, 0.15) is 0 Å². The molecule has 3 heterocycles. The molecule has 0 saturated carbocycles. The Hall–Kier alpha value is -2.69. The summed E-state index contributed by atoms with van der Waals surface area (Å²) in [5, 5.41) is 21.2. The van der Waals surface area contributed by atoms with E-state index < -0.39 is 5.85 Å². The van der Waals surface area contributed by atoms with Gasteiger partial charge in [-0.05, 0) is 25.2 Å². The third-order valence-corrected chi connectivity index (χ3v) is 4.65. The minimum Gasteiger partial charge on any atom is -0.340 e. The van der Waals surface area contributed by atoms with E-state index in [1.54, 1.807) is 13.3 Å². The van der Waals surface area contributed by atoms with Crippen molar-refractivity contribution in [2.75, 3.05) is 52.2 Å². The molecular formula is C17H25N9O. The second-order valence-corrected chi connectivity index (χ2v) is 6.53. The average Bonchev–Trinajstić information content (AvgIpc) is 3.16. The van der Waals surface area contributed by atoms with E-state index in [4.69, 9.17) is 9.73 Å². The van der Waals surface area contributed by atoms with Crippen molar-refractivity contribution in [2.24, 2.45) is 9.98 Å². The minimum atomic E-state index is -1.01. The zero-order valence-corrected chi connectivity index (χ0v) is 15.5. The molecule has 4 rings (SSSR count). The zero-order valence-electron chi connectivity index (χ0n) is 15.5. The third kappa shape index (κ3) is 3.72. The van der Waals surface area contributed by atoms with Crippen molar-refractivity contribution >= 4 is 28.5 Å². The number of benzene rings is 1. The maximum absolute atomic E-state index is 5.69. The number of aromatic nitrogens is 2. The summed E-state index contributed by atoms with van der Waals surface area (Å²) in [7, 11) is 3.48. The molecule has 27 heavy (non-hydrogen) atoms. The fourth-order valence-corrected chi connectivity index (χ4v) is 3.24. The Balaban J connectivity index is 1.61. The molecule has 2 aliphatic heterocycles. The van der Waals surface area contributed by atoms with Crippen molar-refractivity contribution in [3.05, 3.63) is 24.4 Å². The summed E-state index contributed by atoms with van der Waals surface area (Å²) < 4.78 is 5.69. The molecule has 10 nitrogen and oxygen atoms in total. The number of aliphatic imine (C=N–C) groups is 2. The number of H-pyrrole nitrogens is 1. The highest BCUT2D eigenvalue weighted by molar-refractivity contribution is 6.07. The van der Waals surface area contributed by atoms with Gasteiger partial charge in [-0.3, -0.25) is 10.4 Å². The number of guanidine groups is 2. The van der Waals surface area contributed by atoms with Gasteiger partial charge in [-0.25, -0.2) is 0 Å². The highest BCUT2D eigenvalue weighted by Gasteiger charge is 2.35. The molecule has 0 amide bonds. The molecule has 1 saturated heterocycles. The fourth-order valence-electron chi connectivity index (χ4n) is 3.24. The molecule has 10 heteroatoms. The van der Waals surface area contributed by atoms with E-state index in [0.717, 1.165) is 48.7 Å². The summed E-state index contributed by atoms with van der Waals surface area (Å²) in [6.45, 7) is 4.05. The first-order valence-electron chi connectivity index (χ1n) is 9.04. The average molecular weight is 371 g/mol. The number of nitrogens with zero attached hydrogens (tertiary/aromatic N) is 4. The number of rotatable bonds is 4. The number of ether oxygens (including phenoxy) is 1. The predicted molar refractivity (Wildman–Crippen MR) is 106 cm³/mol. The van der Waals surface area contributed by atoms with Crippen LogP contribution in [0.25, 0.3) is 10.9 Å². The number of anilines is 1. The molecular weight excluding hydrogens is 346 g/mol. The Morgan fingerprint density at radius 3 is 2.89 bits per heavy atom. The normalized spacial score (nSPS) is 23.0. The first kappa shape index (κ1) is 17.7. The van der Waals surface area contributed by atoms with E-state index in [-0.39, 0.29) is 0 Å². The summed E-state index contributed by atoms with van der Waals surface area (Å²) in [5.74, 6) is 0.337. The van der Waals surface area contributed by atoms with Crippen LogP contribution in [-0.2, 0) is 4.74 Å². The molecule has 2 aliphatic rings. The van der Waals surface area contributed by atoms with Gasteiger partial charge >= 0.3 is 0 Å². The monoisotopic (exact) mass is 371 g/mol. The van der Waals surface area contributed by atoms with E-state index in [2.05, 4.69) is 41.4 Å². The van der Waals surface area contributed by atoms with Crippen LogP contribution in [0.15, 0.2) is 34.4 Å². The number of piperazine rings is 1. The Morgan fingerprint density at radius 2 is 2.11 bits per heavy atom. The van der Waals surface area contributed by atoms with Gasteiger partial charge in [-0.15, -0.1) is 0 Å². The van der Waals surface area contributed by atoms with Gasteiger partial charge in [0.05, 0.1) is 18.3 Å². The van der Waals surface area contributed by atoms with Crippen LogP contribution in [-0.4, -0.2) is 79.7 Å². The summed E-state index contributed by atoms with van der Waals surface area (Å²) in [5.41, 5.74) is 1.86. The maximum Gasteiger partial charge on any atom is 0.275 e. The van der Waals surface area contributed by atoms with Crippen molar-refractivity contribution in [1.82, 2.24) is 31.0 Å². The van der Waals surface area contributed by atoms with Crippen LogP contribution in [0.1, 0.15) is 0 Å². The molecule has 1 aromatic heterocycles. The largest absolute Gasteiger partial charge is 0.340 e. The predicted octanol–water partition coefficient (Wildman–Crippen LogP) is -0.285. The quantitative estimate of drug-likeness (QED) is 0.502. The summed E-state index contributed by atoms with van der Waals surface area (Å²) in [6, 6.07) is 5.99. The number of aromatic amines is 1. The highest BCUT2D eigenvalue weighted by Crippen LogP contribution is 2.20. The third-order valence-electron chi connectivity index (χ3n) is 4.65. The SMILES string of the molecule is CNCC1(OC)N=C(Nc2ccc3cn[nH]c3c2)NC(N2CCNCC2)=N1. The number of hydrogen-bond acceptors (Lipinski definition) is 9. The van der Waals surface area contributed by atoms with Crippen LogP contribution in [0, 0.1) is 0 Å². The molecule has 1 atom stereocenters. The lowest BCUT2D eigenvalue weighted by atomic mass is 10.2. The number of fused-ring (bicyclic) bond motifs is 1. The summed E-state index contributed by atoms with van der Waals surface area (Å²) >= 11 is 0. The Bertz CT molecular complexity index is 855. The molecule has 5 N–H and O–H groups in total. The fraction of sp³-hybridized carbons (Fsp3) is 0.471. The van der Waals surface area contributed by atoms with Gasteiger partial charge in [0.2, 0.25) is 11.9 Å². The molecule has 0 spiro atoms. The van der Waals surface area contributed by atoms with E-state index in [9.17, 15) is 0 Å². The van der Waals surface area contributed by atoms with Gasteiger partial charge in [0.15, 0.2) is 0 Å². The molecule has 1 aromatic carbocycles. The number of nitrogens with one attached hydrogen (secondary N) is 5. The molecule has 144 valence electrons. The number of methoxy groups -OCH3 is 1. The number of likely N-dealkylation sites (N-methyl/N-ethyl adjacent to an activating group) is 1. The van der Waals surface area contributed by atoms with Gasteiger partial charge in [-0.1, -0.05) is 0 Å². The minimum absolute atomic E-state index is 0.464. The Morgan fingerprint density at radius 1 is 1.26 bits per heavy atom. The summed E-state index contributed by atoms with van der Waals surface area (Å²) in [4.78, 5) is 11.6. The lowest BCUT2D eigenvalue weighted by molar-refractivity contribution is 0.00453. The van der Waals surface area contributed by atoms with E-state index >= 15 is 0 Å². The van der Waals surface area contributed by atoms with E-state index in [1.165, 1.54) is 0 Å². The Labute approximate surface area is 157 Å². The molecule has 2 aromatic rings. The Kier molecular flexibility index (Phi) is 4.92. The molecule has 1 unspecified atom stereocenters. The topological polar surface area (TPSA) is 114 Å². The first-order chi connectivity index (χ1) is 13.2. The summed E-state index contributed by atoms with van der Waals surface area (Å²) in [6.07, 6.45) is 1.80. The molecule has 0 aliphatic carbocycles. The van der Waals surface area contributed by atoms with Crippen LogP contribution in [0.3, 0.4) is 0 Å². The van der Waals surface area contributed by atoms with Crippen LogP contribution in [0.2, 0.25) is 0 Å². The maximum atomic E-state index is 5.69. The van der Waals surface area contributed by atoms with E-state index in [1.807, 2.05) is 25.2 Å². The van der Waals surface area contributed by atoms with E-state index in [0.29, 0.717) is 12.5 Å². The second kappa shape index (κ2) is 7.51. The second-order valence-electron chi connectivity index (χ2n) is 6.53. The van der Waals surface area contributed by atoms with Crippen LogP contribution in [0.4, 0.5) is 5.69 Å². The van der Waals surface area contributed by atoms with Gasteiger partial charge in [0, 0.05) is 44.4 Å². The van der Waals surface area contributed by atoms with Gasteiger partial charge < -0.3 is 25.6 Å². The van der Waals surface area contributed by atoms with Crippen molar-refractivity contribution in [2.45, 2.75) is 5.85 Å². The zero-order chi connectivity index (χ0) is 18.7. The van der Waals surface area contributed by atoms with Crippen LogP contribution < -0.4 is 21.3 Å². The van der Waals surface area contributed by atoms with Crippen LogP contribution in [0.5, 0.6) is 0 Å². The smallest absolute Gasteiger partial charge is 0.275 e. The number of hydrogen-bond donors (Lipinski definition) is 5. The first-order valence-corrected chi connectivity index (χ1v) is 9.04. The van der Waals surface area contributed by atoms with Gasteiger partial charge in [-0.2, -0.15) is 15.1 Å². The highest BCUT2D eigenvalue weighted by atomic mass is 16.5. The standard InChI is InChI=1S/C17H25N9O/c1-18-11-17(27-2)23-15(22-16(24-17)26-7-5-19-6-8-26)21-13-4-3-12-10-20-25-14(12)9-13/h3-4,9-10,18-19H,5-8,11H2,1-2H3,(H,20,25)(H2,21,22,23,24). The van der Waals surface area contributed by atoms with Gasteiger partial charge in [0.25, 0.3) is 5.85 Å². The van der Waals surface area contributed by atoms with Crippen molar-refractivity contribution < 1.29 is 4.74 Å². The van der Waals surface area contributed by atoms with Crippen molar-refractivity contribution in [3.8, 4) is 0 Å². The van der Waals surface area contributed by atoms with Crippen LogP contribution >= 0.6 is 0 Å². The molecule has 0 bridgehead atoms. The van der Waals surface area contributed by atoms with Crippen molar-refractivity contribution in [1.29, 1.82) is 0 Å². The van der Waals surface area contributed by atoms with Crippen molar-refractivity contribution in [3.63, 3.8) is 0 Å². The lowest BCUT2D eigenvalue weighted by Gasteiger charge is -2.36.